The number of nitrogens with one attached hydrogen (secondary N) is 3. The Balaban J connectivity index is 1.49. The van der Waals surface area contributed by atoms with Crippen molar-refractivity contribution in [3.8, 4) is 11.5 Å². The highest BCUT2D eigenvalue weighted by Gasteiger charge is 2.16. The molecule has 3 rings (SSSR count). The maximum absolute atomic E-state index is 12.1. The van der Waals surface area contributed by atoms with Gasteiger partial charge in [0.2, 0.25) is 12.7 Å². The molecule has 7 heteroatoms. The first-order chi connectivity index (χ1) is 12.7. The van der Waals surface area contributed by atoms with Crippen molar-refractivity contribution in [3.05, 3.63) is 23.8 Å². The highest BCUT2D eigenvalue weighted by Crippen LogP contribution is 2.32. The number of ether oxygens (including phenoxy) is 2. The van der Waals surface area contributed by atoms with Gasteiger partial charge in [-0.3, -0.25) is 4.79 Å². The second-order valence-electron chi connectivity index (χ2n) is 6.64. The van der Waals surface area contributed by atoms with Gasteiger partial charge in [0.15, 0.2) is 17.5 Å². The molecule has 142 valence electrons. The zero-order chi connectivity index (χ0) is 18.2. The standard InChI is InChI=1S/C19H28N4O3/c1-2-20-19(22-12-18(24)23-15-6-4-3-5-7-15)21-11-14-8-9-16-17(10-14)26-13-25-16/h8-10,15H,2-7,11-13H2,1H3,(H,23,24)(H2,20,21,22). The average Bonchev–Trinajstić information content (AvgIpc) is 3.12. The number of hydrogen-bond donors (Lipinski definition) is 3. The van der Waals surface area contributed by atoms with Gasteiger partial charge in [0.25, 0.3) is 0 Å². The van der Waals surface area contributed by atoms with Crippen LogP contribution in [0.4, 0.5) is 0 Å². The van der Waals surface area contributed by atoms with E-state index in [0.29, 0.717) is 18.5 Å². The van der Waals surface area contributed by atoms with Gasteiger partial charge in [-0.15, -0.1) is 0 Å². The Morgan fingerprint density at radius 2 is 1.96 bits per heavy atom. The Hall–Kier alpha value is -2.44. The van der Waals surface area contributed by atoms with Crippen LogP contribution in [0.25, 0.3) is 0 Å². The lowest BCUT2D eigenvalue weighted by molar-refractivity contribution is -0.120. The van der Waals surface area contributed by atoms with Crippen molar-refractivity contribution in [1.29, 1.82) is 0 Å². The predicted molar refractivity (Wildman–Crippen MR) is 100 cm³/mol. The molecule has 0 atom stereocenters. The average molecular weight is 360 g/mol. The van der Waals surface area contributed by atoms with Crippen molar-refractivity contribution >= 4 is 11.9 Å². The first-order valence-electron chi connectivity index (χ1n) is 9.44. The number of amides is 1. The Bertz CT molecular complexity index is 642. The summed E-state index contributed by atoms with van der Waals surface area (Å²) in [5, 5.41) is 9.37. The number of nitrogens with zero attached hydrogens (tertiary/aromatic N) is 1. The summed E-state index contributed by atoms with van der Waals surface area (Å²) in [6.07, 6.45) is 5.87. The minimum Gasteiger partial charge on any atom is -0.454 e. The van der Waals surface area contributed by atoms with Crippen LogP contribution >= 0.6 is 0 Å². The van der Waals surface area contributed by atoms with Crippen LogP contribution < -0.4 is 25.4 Å². The van der Waals surface area contributed by atoms with Gasteiger partial charge < -0.3 is 25.4 Å². The van der Waals surface area contributed by atoms with E-state index in [9.17, 15) is 4.79 Å². The number of fused-ring (bicyclic) bond motifs is 1. The van der Waals surface area contributed by atoms with Crippen molar-refractivity contribution in [2.45, 2.75) is 51.6 Å². The molecule has 2 aliphatic rings. The van der Waals surface area contributed by atoms with Crippen molar-refractivity contribution in [2.75, 3.05) is 19.9 Å². The molecule has 0 saturated heterocycles. The smallest absolute Gasteiger partial charge is 0.239 e. The molecule has 7 nitrogen and oxygen atoms in total. The van der Waals surface area contributed by atoms with E-state index in [0.717, 1.165) is 36.4 Å². The molecule has 1 heterocycles. The van der Waals surface area contributed by atoms with E-state index >= 15 is 0 Å². The second-order valence-corrected chi connectivity index (χ2v) is 6.64. The third-order valence-electron chi connectivity index (χ3n) is 4.59. The number of guanidine groups is 1. The summed E-state index contributed by atoms with van der Waals surface area (Å²) >= 11 is 0. The molecule has 1 aliphatic carbocycles. The third kappa shape index (κ3) is 5.28. The molecule has 0 spiro atoms. The van der Waals surface area contributed by atoms with E-state index in [-0.39, 0.29) is 19.2 Å². The fourth-order valence-electron chi connectivity index (χ4n) is 3.24. The van der Waals surface area contributed by atoms with Crippen LogP contribution in [0.15, 0.2) is 23.2 Å². The zero-order valence-electron chi connectivity index (χ0n) is 15.3. The van der Waals surface area contributed by atoms with Gasteiger partial charge in [-0.1, -0.05) is 25.3 Å². The number of carbonyl (C=O) groups excluding carboxylic acids is 1. The molecule has 1 saturated carbocycles. The number of hydrogen-bond acceptors (Lipinski definition) is 4. The summed E-state index contributed by atoms with van der Waals surface area (Å²) in [5.41, 5.74) is 1.03. The van der Waals surface area contributed by atoms with Gasteiger partial charge in [-0.25, -0.2) is 4.99 Å². The lowest BCUT2D eigenvalue weighted by Gasteiger charge is -2.23. The Labute approximate surface area is 154 Å². The van der Waals surface area contributed by atoms with Gasteiger partial charge in [-0.2, -0.15) is 0 Å². The van der Waals surface area contributed by atoms with E-state index in [4.69, 9.17) is 9.47 Å². The summed E-state index contributed by atoms with van der Waals surface area (Å²) in [6, 6.07) is 6.12. The fourth-order valence-corrected chi connectivity index (χ4v) is 3.24. The minimum atomic E-state index is 0.0191. The highest BCUT2D eigenvalue weighted by molar-refractivity contribution is 5.86. The minimum absolute atomic E-state index is 0.0191. The summed E-state index contributed by atoms with van der Waals surface area (Å²) < 4.78 is 10.7. The van der Waals surface area contributed by atoms with Gasteiger partial charge >= 0.3 is 0 Å². The zero-order valence-corrected chi connectivity index (χ0v) is 15.3. The van der Waals surface area contributed by atoms with Crippen LogP contribution in [-0.4, -0.2) is 37.8 Å². The molecule has 0 radical (unpaired) electrons. The van der Waals surface area contributed by atoms with Crippen LogP contribution in [0.3, 0.4) is 0 Å². The van der Waals surface area contributed by atoms with Crippen LogP contribution in [0.2, 0.25) is 0 Å². The van der Waals surface area contributed by atoms with Crippen molar-refractivity contribution < 1.29 is 14.3 Å². The molecular formula is C19H28N4O3. The molecule has 0 bridgehead atoms. The molecule has 0 aromatic heterocycles. The van der Waals surface area contributed by atoms with E-state index < -0.39 is 0 Å². The molecule has 26 heavy (non-hydrogen) atoms. The molecule has 1 aliphatic heterocycles. The second kappa shape index (κ2) is 9.31. The normalized spacial score (nSPS) is 17.0. The Kier molecular flexibility index (Phi) is 6.57. The van der Waals surface area contributed by atoms with Crippen LogP contribution in [0.1, 0.15) is 44.6 Å². The lowest BCUT2D eigenvalue weighted by Crippen LogP contribution is -2.46. The summed E-state index contributed by atoms with van der Waals surface area (Å²) in [7, 11) is 0. The maximum atomic E-state index is 12.1. The topological polar surface area (TPSA) is 84.0 Å². The van der Waals surface area contributed by atoms with Crippen LogP contribution in [-0.2, 0) is 11.3 Å². The third-order valence-corrected chi connectivity index (χ3v) is 4.59. The first kappa shape index (κ1) is 18.4. The molecule has 1 aromatic rings. The molecule has 0 unspecified atom stereocenters. The highest BCUT2D eigenvalue weighted by atomic mass is 16.7. The number of rotatable bonds is 6. The molecule has 1 fully saturated rings. The van der Waals surface area contributed by atoms with E-state index in [1.807, 2.05) is 25.1 Å². The van der Waals surface area contributed by atoms with Gasteiger partial charge in [0, 0.05) is 12.6 Å². The van der Waals surface area contributed by atoms with Crippen molar-refractivity contribution in [2.24, 2.45) is 4.99 Å². The van der Waals surface area contributed by atoms with E-state index in [1.165, 1.54) is 19.3 Å². The number of carbonyl (C=O) groups is 1. The molecule has 3 N–H and O–H groups in total. The van der Waals surface area contributed by atoms with Crippen LogP contribution in [0.5, 0.6) is 11.5 Å². The fraction of sp³-hybridized carbons (Fsp3) is 0.579. The summed E-state index contributed by atoms with van der Waals surface area (Å²) in [6.45, 7) is 3.72. The quantitative estimate of drug-likeness (QED) is 0.533. The van der Waals surface area contributed by atoms with Crippen LogP contribution in [0, 0.1) is 0 Å². The molecule has 1 aromatic carbocycles. The van der Waals surface area contributed by atoms with Gasteiger partial charge in [0.05, 0.1) is 13.1 Å². The number of benzene rings is 1. The molecular weight excluding hydrogens is 332 g/mol. The Morgan fingerprint density at radius 3 is 2.77 bits per heavy atom. The van der Waals surface area contributed by atoms with Gasteiger partial charge in [-0.05, 0) is 37.5 Å². The molecule has 1 amide bonds. The SMILES string of the molecule is CCNC(=NCc1ccc2c(c1)OCO2)NCC(=O)NC1CCCCC1. The first-order valence-corrected chi connectivity index (χ1v) is 9.44. The Morgan fingerprint density at radius 1 is 1.15 bits per heavy atom. The van der Waals surface area contributed by atoms with Gasteiger partial charge in [0.1, 0.15) is 0 Å². The monoisotopic (exact) mass is 360 g/mol. The summed E-state index contributed by atoms with van der Waals surface area (Å²) in [4.78, 5) is 16.7. The largest absolute Gasteiger partial charge is 0.454 e. The summed E-state index contributed by atoms with van der Waals surface area (Å²) in [5.74, 6) is 2.17. The van der Waals surface area contributed by atoms with E-state index in [1.54, 1.807) is 0 Å². The number of aliphatic imine (C=N–C) groups is 1. The van der Waals surface area contributed by atoms with Crippen molar-refractivity contribution in [1.82, 2.24) is 16.0 Å². The maximum Gasteiger partial charge on any atom is 0.239 e. The predicted octanol–water partition coefficient (Wildman–Crippen LogP) is 1.92. The van der Waals surface area contributed by atoms with Crippen molar-refractivity contribution in [3.63, 3.8) is 0 Å². The van der Waals surface area contributed by atoms with E-state index in [2.05, 4.69) is 20.9 Å². The lowest BCUT2D eigenvalue weighted by atomic mass is 9.95.